The Bertz CT molecular complexity index is 831. The summed E-state index contributed by atoms with van der Waals surface area (Å²) in [5.41, 5.74) is 5.64. The molecule has 0 radical (unpaired) electrons. The summed E-state index contributed by atoms with van der Waals surface area (Å²) in [6, 6.07) is 8.17. The third-order valence-electron chi connectivity index (χ3n) is 3.79. The second-order valence-electron chi connectivity index (χ2n) is 4.97. The summed E-state index contributed by atoms with van der Waals surface area (Å²) in [6.07, 6.45) is 1.70. The van der Waals surface area contributed by atoms with Crippen molar-refractivity contribution in [3.8, 4) is 5.75 Å². The molecule has 0 aliphatic rings. The zero-order valence-electron chi connectivity index (χ0n) is 11.8. The van der Waals surface area contributed by atoms with Crippen molar-refractivity contribution in [1.29, 1.82) is 0 Å². The first kappa shape index (κ1) is 12.5. The van der Waals surface area contributed by atoms with Crippen LogP contribution in [0.25, 0.3) is 21.8 Å². The minimum absolute atomic E-state index is 0.855. The highest BCUT2D eigenvalue weighted by atomic mass is 16.5. The van der Waals surface area contributed by atoms with Crippen molar-refractivity contribution in [1.82, 2.24) is 4.98 Å². The van der Waals surface area contributed by atoms with E-state index in [0.29, 0.717) is 0 Å². The molecule has 3 N–H and O–H groups in total. The number of aromatic nitrogens is 1. The number of benzene rings is 2. The number of rotatable bonds is 2. The fraction of sp³-hybridized carbons (Fsp3) is 0.188. The maximum Gasteiger partial charge on any atom is 0.119 e. The van der Waals surface area contributed by atoms with E-state index in [1.807, 2.05) is 12.1 Å². The van der Waals surface area contributed by atoms with E-state index >= 15 is 0 Å². The third-order valence-corrected chi connectivity index (χ3v) is 3.79. The lowest BCUT2D eigenvalue weighted by Crippen LogP contribution is -1.93. The van der Waals surface area contributed by atoms with E-state index in [9.17, 15) is 0 Å². The maximum atomic E-state index is 5.33. The summed E-state index contributed by atoms with van der Waals surface area (Å²) in [7, 11) is 1.68. The van der Waals surface area contributed by atoms with Gasteiger partial charge in [0, 0.05) is 21.8 Å². The van der Waals surface area contributed by atoms with Gasteiger partial charge in [0.1, 0.15) is 5.75 Å². The van der Waals surface area contributed by atoms with Gasteiger partial charge in [0.25, 0.3) is 0 Å². The number of nitrogens with two attached hydrogens (primary N) is 1. The molecular weight excluding hydrogens is 250 g/mol. The first-order valence-electron chi connectivity index (χ1n) is 6.48. The van der Waals surface area contributed by atoms with E-state index in [0.717, 1.165) is 27.7 Å². The largest absolute Gasteiger partial charge is 0.497 e. The fourth-order valence-electron chi connectivity index (χ4n) is 2.76. The number of hydrogen-bond acceptors (Lipinski definition) is 3. The lowest BCUT2D eigenvalue weighted by atomic mass is 9.99. The minimum atomic E-state index is 0.855. The Balaban J connectivity index is 2.48. The molecule has 0 amide bonds. The Labute approximate surface area is 117 Å². The van der Waals surface area contributed by atoms with Gasteiger partial charge in [-0.2, -0.15) is 5.10 Å². The van der Waals surface area contributed by atoms with Crippen molar-refractivity contribution in [2.45, 2.75) is 13.8 Å². The predicted molar refractivity (Wildman–Crippen MR) is 83.6 cm³/mol. The van der Waals surface area contributed by atoms with Crippen molar-refractivity contribution in [3.05, 3.63) is 41.0 Å². The highest BCUT2D eigenvalue weighted by Gasteiger charge is 2.12. The van der Waals surface area contributed by atoms with Crippen LogP contribution in [0.1, 0.15) is 16.7 Å². The summed E-state index contributed by atoms with van der Waals surface area (Å²) >= 11 is 0. The molecule has 0 saturated carbocycles. The topological polar surface area (TPSA) is 63.4 Å². The van der Waals surface area contributed by atoms with Crippen LogP contribution in [0.3, 0.4) is 0 Å². The number of methoxy groups -OCH3 is 1. The molecule has 20 heavy (non-hydrogen) atoms. The van der Waals surface area contributed by atoms with E-state index in [1.165, 1.54) is 16.5 Å². The van der Waals surface area contributed by atoms with Crippen LogP contribution in [0.2, 0.25) is 0 Å². The van der Waals surface area contributed by atoms with Crippen LogP contribution in [-0.2, 0) is 0 Å². The van der Waals surface area contributed by atoms with Crippen molar-refractivity contribution in [3.63, 3.8) is 0 Å². The van der Waals surface area contributed by atoms with Gasteiger partial charge in [-0.15, -0.1) is 0 Å². The van der Waals surface area contributed by atoms with Gasteiger partial charge >= 0.3 is 0 Å². The number of H-pyrrole nitrogens is 1. The summed E-state index contributed by atoms with van der Waals surface area (Å²) < 4.78 is 5.33. The van der Waals surface area contributed by atoms with E-state index in [2.05, 4.69) is 36.1 Å². The van der Waals surface area contributed by atoms with Crippen LogP contribution in [-0.4, -0.2) is 18.3 Å². The number of aromatic amines is 1. The van der Waals surface area contributed by atoms with Gasteiger partial charge in [-0.25, -0.2) is 0 Å². The number of fused-ring (bicyclic) bond motifs is 3. The van der Waals surface area contributed by atoms with Crippen molar-refractivity contribution >= 4 is 28.0 Å². The molecular formula is C16H17N3O. The average molecular weight is 267 g/mol. The highest BCUT2D eigenvalue weighted by molar-refractivity contribution is 6.12. The van der Waals surface area contributed by atoms with Gasteiger partial charge in [-0.3, -0.25) is 0 Å². The molecule has 3 aromatic rings. The molecule has 0 atom stereocenters. The van der Waals surface area contributed by atoms with E-state index in [-0.39, 0.29) is 0 Å². The fourth-order valence-corrected chi connectivity index (χ4v) is 2.76. The molecule has 0 fully saturated rings. The van der Waals surface area contributed by atoms with Crippen LogP contribution in [0.15, 0.2) is 29.4 Å². The third kappa shape index (κ3) is 1.72. The van der Waals surface area contributed by atoms with Gasteiger partial charge in [0.15, 0.2) is 0 Å². The second-order valence-corrected chi connectivity index (χ2v) is 4.97. The Kier molecular flexibility index (Phi) is 2.86. The molecule has 1 aromatic heterocycles. The molecule has 0 aliphatic heterocycles. The van der Waals surface area contributed by atoms with Crippen molar-refractivity contribution in [2.24, 2.45) is 10.9 Å². The van der Waals surface area contributed by atoms with Gasteiger partial charge < -0.3 is 15.6 Å². The SMILES string of the molecule is COc1ccc2[nH]c3c(C)cc(/C=N/N)c(C)c3c2c1. The highest BCUT2D eigenvalue weighted by Crippen LogP contribution is 2.33. The number of nitrogens with one attached hydrogen (secondary N) is 1. The smallest absolute Gasteiger partial charge is 0.119 e. The maximum absolute atomic E-state index is 5.33. The van der Waals surface area contributed by atoms with E-state index in [4.69, 9.17) is 10.6 Å². The standard InChI is InChI=1S/C16H17N3O/c1-9-6-11(8-18-17)10(2)15-13-7-12(20-3)4-5-14(13)19-16(9)15/h4-8,19H,17H2,1-3H3/b18-8+. The summed E-state index contributed by atoms with van der Waals surface area (Å²) in [6.45, 7) is 4.17. The summed E-state index contributed by atoms with van der Waals surface area (Å²) in [4.78, 5) is 3.48. The van der Waals surface area contributed by atoms with Crippen LogP contribution >= 0.6 is 0 Å². The molecule has 0 spiro atoms. The van der Waals surface area contributed by atoms with E-state index in [1.54, 1.807) is 13.3 Å². The zero-order valence-corrected chi connectivity index (χ0v) is 11.8. The molecule has 1 heterocycles. The van der Waals surface area contributed by atoms with Crippen LogP contribution in [0.5, 0.6) is 5.75 Å². The van der Waals surface area contributed by atoms with Gasteiger partial charge in [0.2, 0.25) is 0 Å². The van der Waals surface area contributed by atoms with Gasteiger partial charge in [0.05, 0.1) is 13.3 Å². The first-order valence-corrected chi connectivity index (χ1v) is 6.48. The summed E-state index contributed by atoms with van der Waals surface area (Å²) in [5, 5.41) is 6.02. The lowest BCUT2D eigenvalue weighted by Gasteiger charge is -2.06. The minimum Gasteiger partial charge on any atom is -0.497 e. The van der Waals surface area contributed by atoms with Crippen molar-refractivity contribution in [2.75, 3.05) is 7.11 Å². The monoisotopic (exact) mass is 267 g/mol. The molecule has 0 bridgehead atoms. The number of aryl methyl sites for hydroxylation is 2. The van der Waals surface area contributed by atoms with E-state index < -0.39 is 0 Å². The molecule has 0 unspecified atom stereocenters. The van der Waals surface area contributed by atoms with Gasteiger partial charge in [-0.05, 0) is 54.8 Å². The summed E-state index contributed by atoms with van der Waals surface area (Å²) in [5.74, 6) is 6.15. The zero-order chi connectivity index (χ0) is 14.3. The predicted octanol–water partition coefficient (Wildman–Crippen LogP) is 3.24. The number of ether oxygens (including phenoxy) is 1. The Morgan fingerprint density at radius 2 is 2.05 bits per heavy atom. The number of hydrogen-bond donors (Lipinski definition) is 2. The Morgan fingerprint density at radius 3 is 2.75 bits per heavy atom. The molecule has 3 rings (SSSR count). The second kappa shape index (κ2) is 4.56. The molecule has 0 saturated heterocycles. The molecule has 102 valence electrons. The first-order chi connectivity index (χ1) is 9.65. The molecule has 4 nitrogen and oxygen atoms in total. The lowest BCUT2D eigenvalue weighted by molar-refractivity contribution is 0.415. The molecule has 2 aromatic carbocycles. The quantitative estimate of drug-likeness (QED) is 0.425. The Hall–Kier alpha value is -2.49. The Morgan fingerprint density at radius 1 is 1.25 bits per heavy atom. The van der Waals surface area contributed by atoms with Crippen LogP contribution < -0.4 is 10.6 Å². The van der Waals surface area contributed by atoms with Crippen molar-refractivity contribution < 1.29 is 4.74 Å². The van der Waals surface area contributed by atoms with Gasteiger partial charge in [-0.1, -0.05) is 0 Å². The van der Waals surface area contributed by atoms with Crippen LogP contribution in [0.4, 0.5) is 0 Å². The molecule has 4 heteroatoms. The van der Waals surface area contributed by atoms with Crippen LogP contribution in [0, 0.1) is 13.8 Å². The average Bonchev–Trinajstić information content (AvgIpc) is 2.83. The normalized spacial score (nSPS) is 11.8. The molecule has 0 aliphatic carbocycles. The number of nitrogens with zero attached hydrogens (tertiary/aromatic N) is 1. The number of hydrazone groups is 1.